The standard InChI is InChI=1S/C12H15ClN2O/c1-3-12(2,16)8-15-11-5-4-9(7-14)6-10(11)13/h4-6,15-16H,3,8H2,1-2H3. The maximum atomic E-state index is 9.82. The Balaban J connectivity index is 2.73. The topological polar surface area (TPSA) is 56.0 Å². The van der Waals surface area contributed by atoms with Crippen LogP contribution in [0.1, 0.15) is 25.8 Å². The smallest absolute Gasteiger partial charge is 0.0992 e. The summed E-state index contributed by atoms with van der Waals surface area (Å²) in [5.74, 6) is 0. The molecular formula is C12H15ClN2O. The van der Waals surface area contributed by atoms with Crippen LogP contribution in [-0.4, -0.2) is 17.3 Å². The quantitative estimate of drug-likeness (QED) is 0.848. The number of benzene rings is 1. The van der Waals surface area contributed by atoms with Crippen molar-refractivity contribution in [1.29, 1.82) is 5.26 Å². The Morgan fingerprint density at radius 3 is 2.75 bits per heavy atom. The van der Waals surface area contributed by atoms with Crippen molar-refractivity contribution in [2.75, 3.05) is 11.9 Å². The van der Waals surface area contributed by atoms with E-state index < -0.39 is 5.60 Å². The lowest BCUT2D eigenvalue weighted by molar-refractivity contribution is 0.0697. The van der Waals surface area contributed by atoms with Crippen molar-refractivity contribution in [3.63, 3.8) is 0 Å². The maximum absolute atomic E-state index is 9.82. The average molecular weight is 239 g/mol. The first kappa shape index (κ1) is 12.8. The molecule has 0 bridgehead atoms. The lowest BCUT2D eigenvalue weighted by Gasteiger charge is -2.22. The highest BCUT2D eigenvalue weighted by Gasteiger charge is 2.17. The second kappa shape index (κ2) is 5.20. The van der Waals surface area contributed by atoms with E-state index >= 15 is 0 Å². The Bertz CT molecular complexity index is 410. The number of nitrogens with zero attached hydrogens (tertiary/aromatic N) is 1. The van der Waals surface area contributed by atoms with Gasteiger partial charge in [-0.3, -0.25) is 0 Å². The van der Waals surface area contributed by atoms with E-state index in [1.807, 2.05) is 13.0 Å². The minimum Gasteiger partial charge on any atom is -0.388 e. The van der Waals surface area contributed by atoms with Crippen molar-refractivity contribution < 1.29 is 5.11 Å². The summed E-state index contributed by atoms with van der Waals surface area (Å²) in [6.45, 7) is 4.11. The van der Waals surface area contributed by atoms with Crippen molar-refractivity contribution in [2.45, 2.75) is 25.9 Å². The van der Waals surface area contributed by atoms with Crippen molar-refractivity contribution in [2.24, 2.45) is 0 Å². The van der Waals surface area contributed by atoms with Gasteiger partial charge in [-0.05, 0) is 31.5 Å². The third-order valence-electron chi connectivity index (χ3n) is 2.52. The van der Waals surface area contributed by atoms with Crippen LogP contribution in [0.3, 0.4) is 0 Å². The summed E-state index contributed by atoms with van der Waals surface area (Å²) < 4.78 is 0. The van der Waals surface area contributed by atoms with Crippen molar-refractivity contribution in [1.82, 2.24) is 0 Å². The van der Waals surface area contributed by atoms with Gasteiger partial charge in [-0.2, -0.15) is 5.26 Å². The molecule has 1 aromatic rings. The van der Waals surface area contributed by atoms with Crippen molar-refractivity contribution in [3.8, 4) is 6.07 Å². The van der Waals surface area contributed by atoms with E-state index in [1.165, 1.54) is 0 Å². The molecule has 0 aliphatic heterocycles. The highest BCUT2D eigenvalue weighted by molar-refractivity contribution is 6.33. The Morgan fingerprint density at radius 1 is 1.56 bits per heavy atom. The molecule has 1 rings (SSSR count). The van der Waals surface area contributed by atoms with E-state index in [9.17, 15) is 5.11 Å². The predicted molar refractivity (Wildman–Crippen MR) is 65.6 cm³/mol. The van der Waals surface area contributed by atoms with Gasteiger partial charge < -0.3 is 10.4 Å². The van der Waals surface area contributed by atoms with E-state index in [1.54, 1.807) is 25.1 Å². The molecule has 1 aromatic carbocycles. The van der Waals surface area contributed by atoms with E-state index in [0.717, 1.165) is 5.69 Å². The van der Waals surface area contributed by atoms with Gasteiger partial charge in [0.25, 0.3) is 0 Å². The van der Waals surface area contributed by atoms with Crippen molar-refractivity contribution in [3.05, 3.63) is 28.8 Å². The molecule has 86 valence electrons. The van der Waals surface area contributed by atoms with E-state index in [0.29, 0.717) is 23.6 Å². The van der Waals surface area contributed by atoms with Crippen LogP contribution in [-0.2, 0) is 0 Å². The molecule has 0 saturated carbocycles. The van der Waals surface area contributed by atoms with Gasteiger partial charge in [-0.25, -0.2) is 0 Å². The van der Waals surface area contributed by atoms with Gasteiger partial charge in [0.05, 0.1) is 27.9 Å². The zero-order valence-electron chi connectivity index (χ0n) is 9.42. The molecule has 0 heterocycles. The molecule has 1 unspecified atom stereocenters. The molecule has 0 fully saturated rings. The fraction of sp³-hybridized carbons (Fsp3) is 0.417. The van der Waals surface area contributed by atoms with Gasteiger partial charge in [-0.15, -0.1) is 0 Å². The minimum absolute atomic E-state index is 0.426. The summed E-state index contributed by atoms with van der Waals surface area (Å²) in [6.07, 6.45) is 0.661. The number of hydrogen-bond acceptors (Lipinski definition) is 3. The van der Waals surface area contributed by atoms with Gasteiger partial charge >= 0.3 is 0 Å². The van der Waals surface area contributed by atoms with Crippen LogP contribution in [0, 0.1) is 11.3 Å². The summed E-state index contributed by atoms with van der Waals surface area (Å²) in [7, 11) is 0. The first-order valence-electron chi connectivity index (χ1n) is 5.14. The Morgan fingerprint density at radius 2 is 2.25 bits per heavy atom. The van der Waals surface area contributed by atoms with E-state index in [4.69, 9.17) is 16.9 Å². The van der Waals surface area contributed by atoms with Crippen LogP contribution < -0.4 is 5.32 Å². The number of rotatable bonds is 4. The largest absolute Gasteiger partial charge is 0.388 e. The number of hydrogen-bond donors (Lipinski definition) is 2. The second-order valence-corrected chi connectivity index (χ2v) is 4.42. The second-order valence-electron chi connectivity index (χ2n) is 4.01. The fourth-order valence-corrected chi connectivity index (χ4v) is 1.39. The molecule has 0 aromatic heterocycles. The SMILES string of the molecule is CCC(C)(O)CNc1ccc(C#N)cc1Cl. The summed E-state index contributed by atoms with van der Waals surface area (Å²) in [4.78, 5) is 0. The highest BCUT2D eigenvalue weighted by atomic mass is 35.5. The Kier molecular flexibility index (Phi) is 4.17. The molecule has 2 N–H and O–H groups in total. The van der Waals surface area contributed by atoms with Gasteiger partial charge in [0.15, 0.2) is 0 Å². The molecule has 0 amide bonds. The molecule has 1 atom stereocenters. The highest BCUT2D eigenvalue weighted by Crippen LogP contribution is 2.23. The summed E-state index contributed by atoms with van der Waals surface area (Å²) in [6, 6.07) is 7.05. The van der Waals surface area contributed by atoms with Crippen LogP contribution >= 0.6 is 11.6 Å². The van der Waals surface area contributed by atoms with Crippen molar-refractivity contribution >= 4 is 17.3 Å². The molecule has 0 saturated heterocycles. The van der Waals surface area contributed by atoms with Gasteiger partial charge in [-0.1, -0.05) is 18.5 Å². The summed E-state index contributed by atoms with van der Waals surface area (Å²) >= 11 is 5.98. The van der Waals surface area contributed by atoms with Crippen LogP contribution in [0.25, 0.3) is 0 Å². The van der Waals surface area contributed by atoms with E-state index in [2.05, 4.69) is 5.32 Å². The Labute approximate surface area is 101 Å². The molecule has 0 aliphatic carbocycles. The summed E-state index contributed by atoms with van der Waals surface area (Å²) in [5, 5.41) is 22.1. The normalized spacial score (nSPS) is 13.9. The maximum Gasteiger partial charge on any atom is 0.0992 e. The molecular weight excluding hydrogens is 224 g/mol. The third kappa shape index (κ3) is 3.41. The lowest BCUT2D eigenvalue weighted by atomic mass is 10.0. The zero-order valence-corrected chi connectivity index (χ0v) is 10.2. The van der Waals surface area contributed by atoms with Crippen LogP contribution in [0.15, 0.2) is 18.2 Å². The molecule has 4 heteroatoms. The van der Waals surface area contributed by atoms with Gasteiger partial charge in [0.1, 0.15) is 0 Å². The van der Waals surface area contributed by atoms with Crippen LogP contribution in [0.4, 0.5) is 5.69 Å². The fourth-order valence-electron chi connectivity index (χ4n) is 1.14. The number of halogens is 1. The number of nitriles is 1. The molecule has 0 spiro atoms. The predicted octanol–water partition coefficient (Wildman–Crippen LogP) is 2.78. The van der Waals surface area contributed by atoms with Gasteiger partial charge in [0, 0.05) is 6.54 Å². The molecule has 16 heavy (non-hydrogen) atoms. The summed E-state index contributed by atoms with van der Waals surface area (Å²) in [5.41, 5.74) is 0.504. The Hall–Kier alpha value is -1.24. The minimum atomic E-state index is -0.753. The van der Waals surface area contributed by atoms with Crippen LogP contribution in [0.5, 0.6) is 0 Å². The molecule has 0 radical (unpaired) electrons. The number of aliphatic hydroxyl groups is 1. The average Bonchev–Trinajstić information content (AvgIpc) is 2.27. The number of nitrogens with one attached hydrogen (secondary N) is 1. The molecule has 0 aliphatic rings. The first-order chi connectivity index (χ1) is 7.48. The van der Waals surface area contributed by atoms with Gasteiger partial charge in [0.2, 0.25) is 0 Å². The zero-order chi connectivity index (χ0) is 12.2. The molecule has 3 nitrogen and oxygen atoms in total. The monoisotopic (exact) mass is 238 g/mol. The number of anilines is 1. The van der Waals surface area contributed by atoms with E-state index in [-0.39, 0.29) is 0 Å². The lowest BCUT2D eigenvalue weighted by Crippen LogP contribution is -2.32. The van der Waals surface area contributed by atoms with Crippen LogP contribution in [0.2, 0.25) is 5.02 Å². The third-order valence-corrected chi connectivity index (χ3v) is 2.83. The first-order valence-corrected chi connectivity index (χ1v) is 5.52.